The minimum absolute atomic E-state index is 0.0200. The predicted octanol–water partition coefficient (Wildman–Crippen LogP) is 3.34. The van der Waals surface area contributed by atoms with Crippen LogP contribution in [-0.2, 0) is 4.74 Å². The highest BCUT2D eigenvalue weighted by atomic mass is 16.6. The summed E-state index contributed by atoms with van der Waals surface area (Å²) in [5.74, 6) is -0.0572. The number of carbonyl (C=O) groups is 1. The number of para-hydroxylation sites is 1. The van der Waals surface area contributed by atoms with Crippen LogP contribution in [0.3, 0.4) is 0 Å². The van der Waals surface area contributed by atoms with Gasteiger partial charge in [-0.3, -0.25) is 14.9 Å². The lowest BCUT2D eigenvalue weighted by Gasteiger charge is -2.39. The van der Waals surface area contributed by atoms with E-state index in [1.807, 2.05) is 18.2 Å². The third-order valence-electron chi connectivity index (χ3n) is 4.87. The molecule has 134 valence electrons. The number of nitro groups is 1. The standard InChI is InChI=1S/C19H19N3O4/c23-19-16-5-1-2-6-17(16)20-18(21(19)12-15-4-3-11-26-15)13-7-9-14(10-8-13)22(24)25/h1-2,5-10,15,18,20H,3-4,11-12H2/t15-,18+/m0/s1. The van der Waals surface area contributed by atoms with Crippen molar-refractivity contribution in [1.29, 1.82) is 0 Å². The molecule has 1 fully saturated rings. The van der Waals surface area contributed by atoms with Gasteiger partial charge in [-0.25, -0.2) is 0 Å². The number of benzene rings is 2. The second kappa shape index (κ2) is 6.76. The fourth-order valence-corrected chi connectivity index (χ4v) is 3.53. The van der Waals surface area contributed by atoms with Crippen molar-refractivity contribution in [3.05, 3.63) is 69.8 Å². The maximum atomic E-state index is 13.1. The minimum Gasteiger partial charge on any atom is -0.376 e. The van der Waals surface area contributed by atoms with Gasteiger partial charge in [0.05, 0.1) is 16.6 Å². The summed E-state index contributed by atoms with van der Waals surface area (Å²) in [6, 6.07) is 13.7. The highest BCUT2D eigenvalue weighted by Gasteiger charge is 2.35. The van der Waals surface area contributed by atoms with Gasteiger partial charge in [-0.1, -0.05) is 12.1 Å². The van der Waals surface area contributed by atoms with Crippen molar-refractivity contribution in [3.63, 3.8) is 0 Å². The van der Waals surface area contributed by atoms with Crippen molar-refractivity contribution < 1.29 is 14.5 Å². The Hall–Kier alpha value is -2.93. The van der Waals surface area contributed by atoms with E-state index in [1.165, 1.54) is 12.1 Å². The van der Waals surface area contributed by atoms with Crippen LogP contribution < -0.4 is 5.32 Å². The minimum atomic E-state index is -0.428. The number of anilines is 1. The van der Waals surface area contributed by atoms with Crippen LogP contribution in [0.1, 0.15) is 34.9 Å². The topological polar surface area (TPSA) is 84.7 Å². The number of carbonyl (C=O) groups excluding carboxylic acids is 1. The smallest absolute Gasteiger partial charge is 0.269 e. The summed E-state index contributed by atoms with van der Waals surface area (Å²) in [5, 5.41) is 14.3. The monoisotopic (exact) mass is 353 g/mol. The SMILES string of the molecule is O=C1c2ccccc2N[C@@H](c2ccc([N+](=O)[O-])cc2)N1C[C@@H]1CCCO1. The number of nitrogens with zero attached hydrogens (tertiary/aromatic N) is 2. The number of hydrogen-bond acceptors (Lipinski definition) is 5. The number of non-ortho nitro benzene ring substituents is 1. The van der Waals surface area contributed by atoms with Crippen LogP contribution >= 0.6 is 0 Å². The van der Waals surface area contributed by atoms with Crippen molar-refractivity contribution in [2.24, 2.45) is 0 Å². The number of nitrogens with one attached hydrogen (secondary N) is 1. The van der Waals surface area contributed by atoms with E-state index in [9.17, 15) is 14.9 Å². The number of amides is 1. The van der Waals surface area contributed by atoms with E-state index in [2.05, 4.69) is 5.32 Å². The Morgan fingerprint density at radius 2 is 1.96 bits per heavy atom. The fourth-order valence-electron chi connectivity index (χ4n) is 3.53. The molecule has 26 heavy (non-hydrogen) atoms. The second-order valence-corrected chi connectivity index (χ2v) is 6.53. The van der Waals surface area contributed by atoms with Crippen LogP contribution in [0, 0.1) is 10.1 Å². The molecule has 7 heteroatoms. The van der Waals surface area contributed by atoms with Gasteiger partial charge in [-0.2, -0.15) is 0 Å². The van der Waals surface area contributed by atoms with Crippen LogP contribution in [0.5, 0.6) is 0 Å². The van der Waals surface area contributed by atoms with E-state index in [-0.39, 0.29) is 23.9 Å². The molecule has 1 saturated heterocycles. The Morgan fingerprint density at radius 1 is 1.19 bits per heavy atom. The Labute approximate surface area is 150 Å². The second-order valence-electron chi connectivity index (χ2n) is 6.53. The summed E-state index contributed by atoms with van der Waals surface area (Å²) in [7, 11) is 0. The molecule has 0 aliphatic carbocycles. The average Bonchev–Trinajstić information content (AvgIpc) is 3.17. The molecule has 1 N–H and O–H groups in total. The number of ether oxygens (including phenoxy) is 1. The molecule has 0 unspecified atom stereocenters. The third kappa shape index (κ3) is 3.01. The lowest BCUT2D eigenvalue weighted by Crippen LogP contribution is -2.46. The van der Waals surface area contributed by atoms with E-state index >= 15 is 0 Å². The summed E-state index contributed by atoms with van der Waals surface area (Å²) in [6.07, 6.45) is 1.56. The van der Waals surface area contributed by atoms with Gasteiger partial charge in [-0.15, -0.1) is 0 Å². The Bertz CT molecular complexity index is 831. The molecule has 2 aromatic rings. The van der Waals surface area contributed by atoms with Gasteiger partial charge in [-0.05, 0) is 42.7 Å². The number of hydrogen-bond donors (Lipinski definition) is 1. The maximum absolute atomic E-state index is 13.1. The molecule has 0 radical (unpaired) electrons. The Balaban J connectivity index is 1.69. The molecule has 0 saturated carbocycles. The normalized spacial score (nSPS) is 22.0. The van der Waals surface area contributed by atoms with Crippen LogP contribution in [0.15, 0.2) is 48.5 Å². The summed E-state index contributed by atoms with van der Waals surface area (Å²) in [5.41, 5.74) is 2.23. The van der Waals surface area contributed by atoms with Crippen molar-refractivity contribution in [1.82, 2.24) is 4.90 Å². The molecule has 2 aliphatic rings. The molecular weight excluding hydrogens is 334 g/mol. The summed E-state index contributed by atoms with van der Waals surface area (Å²) < 4.78 is 5.72. The van der Waals surface area contributed by atoms with Crippen molar-refractivity contribution in [3.8, 4) is 0 Å². The van der Waals surface area contributed by atoms with Crippen LogP contribution in [0.4, 0.5) is 11.4 Å². The van der Waals surface area contributed by atoms with Crippen LogP contribution in [0.2, 0.25) is 0 Å². The zero-order valence-corrected chi connectivity index (χ0v) is 14.1. The van der Waals surface area contributed by atoms with Crippen molar-refractivity contribution >= 4 is 17.3 Å². The molecule has 2 atom stereocenters. The fraction of sp³-hybridized carbons (Fsp3) is 0.316. The highest BCUT2D eigenvalue weighted by Crippen LogP contribution is 2.34. The lowest BCUT2D eigenvalue weighted by atomic mass is 10.0. The first kappa shape index (κ1) is 16.5. The molecular formula is C19H19N3O4. The van der Waals surface area contributed by atoms with Crippen molar-refractivity contribution in [2.75, 3.05) is 18.5 Å². The molecule has 1 amide bonds. The summed E-state index contributed by atoms with van der Waals surface area (Å²) in [4.78, 5) is 25.3. The molecule has 4 rings (SSSR count). The largest absolute Gasteiger partial charge is 0.376 e. The predicted molar refractivity (Wildman–Crippen MR) is 95.9 cm³/mol. The maximum Gasteiger partial charge on any atom is 0.269 e. The quantitative estimate of drug-likeness (QED) is 0.673. The molecule has 0 aromatic heterocycles. The van der Waals surface area contributed by atoms with E-state index in [4.69, 9.17) is 4.74 Å². The van der Waals surface area contributed by atoms with E-state index in [0.717, 1.165) is 30.7 Å². The van der Waals surface area contributed by atoms with Gasteiger partial charge in [0.1, 0.15) is 6.17 Å². The van der Waals surface area contributed by atoms with E-state index in [1.54, 1.807) is 23.1 Å². The zero-order valence-electron chi connectivity index (χ0n) is 14.1. The van der Waals surface area contributed by atoms with Gasteiger partial charge in [0.15, 0.2) is 0 Å². The van der Waals surface area contributed by atoms with Gasteiger partial charge in [0.25, 0.3) is 11.6 Å². The summed E-state index contributed by atoms with van der Waals surface area (Å²) in [6.45, 7) is 1.21. The van der Waals surface area contributed by atoms with Crippen molar-refractivity contribution in [2.45, 2.75) is 25.1 Å². The molecule has 2 aromatic carbocycles. The van der Waals surface area contributed by atoms with Gasteiger partial charge >= 0.3 is 0 Å². The Kier molecular flexibility index (Phi) is 4.30. The Morgan fingerprint density at radius 3 is 2.65 bits per heavy atom. The summed E-state index contributed by atoms with van der Waals surface area (Å²) >= 11 is 0. The van der Waals surface area contributed by atoms with Gasteiger partial charge in [0.2, 0.25) is 0 Å². The lowest BCUT2D eigenvalue weighted by molar-refractivity contribution is -0.384. The van der Waals surface area contributed by atoms with Crippen LogP contribution in [0.25, 0.3) is 0 Å². The highest BCUT2D eigenvalue weighted by molar-refractivity contribution is 6.01. The molecule has 2 aliphatic heterocycles. The third-order valence-corrected chi connectivity index (χ3v) is 4.87. The number of fused-ring (bicyclic) bond motifs is 1. The number of rotatable bonds is 4. The first-order chi connectivity index (χ1) is 12.6. The van der Waals surface area contributed by atoms with Gasteiger partial charge < -0.3 is 15.0 Å². The van der Waals surface area contributed by atoms with E-state index < -0.39 is 4.92 Å². The van der Waals surface area contributed by atoms with Crippen LogP contribution in [-0.4, -0.2) is 35.0 Å². The molecule has 7 nitrogen and oxygen atoms in total. The zero-order chi connectivity index (χ0) is 18.1. The first-order valence-electron chi connectivity index (χ1n) is 8.66. The average molecular weight is 353 g/mol. The molecule has 0 spiro atoms. The number of nitro benzene ring substituents is 1. The van der Waals surface area contributed by atoms with Gasteiger partial charge in [0, 0.05) is 31.0 Å². The van der Waals surface area contributed by atoms with E-state index in [0.29, 0.717) is 12.1 Å². The first-order valence-corrected chi connectivity index (χ1v) is 8.66. The molecule has 2 heterocycles. The molecule has 0 bridgehead atoms.